The summed E-state index contributed by atoms with van der Waals surface area (Å²) in [6.45, 7) is 4.87. The molecule has 0 spiro atoms. The van der Waals surface area contributed by atoms with Crippen LogP contribution >= 0.6 is 0 Å². The summed E-state index contributed by atoms with van der Waals surface area (Å²) in [7, 11) is 4.04. The van der Waals surface area contributed by atoms with E-state index in [9.17, 15) is 4.79 Å². The zero-order chi connectivity index (χ0) is 22.2. The van der Waals surface area contributed by atoms with Crippen molar-refractivity contribution < 1.29 is 4.79 Å². The van der Waals surface area contributed by atoms with Gasteiger partial charge in [0.05, 0.1) is 23.1 Å². The zero-order valence-corrected chi connectivity index (χ0v) is 19.1. The highest BCUT2D eigenvalue weighted by molar-refractivity contribution is 5.95. The Morgan fingerprint density at radius 3 is 2.84 bits per heavy atom. The summed E-state index contributed by atoms with van der Waals surface area (Å²) in [5.74, 6) is 1.03. The molecule has 1 saturated heterocycles. The van der Waals surface area contributed by atoms with Gasteiger partial charge in [0.2, 0.25) is 0 Å². The number of carbonyl (C=O) groups is 1. The molecule has 2 aromatic heterocycles. The average molecular weight is 431 g/mol. The fourth-order valence-electron chi connectivity index (χ4n) is 5.07. The number of carbonyl (C=O) groups excluding carboxylic acids is 1. The number of nitrogens with zero attached hydrogens (tertiary/aromatic N) is 6. The first-order valence-electron chi connectivity index (χ1n) is 11.4. The lowest BCUT2D eigenvalue weighted by molar-refractivity contribution is 0.0740. The first-order chi connectivity index (χ1) is 15.5. The van der Waals surface area contributed by atoms with Gasteiger partial charge in [0.25, 0.3) is 11.9 Å². The van der Waals surface area contributed by atoms with E-state index in [0.29, 0.717) is 17.4 Å². The van der Waals surface area contributed by atoms with E-state index in [1.54, 1.807) is 10.9 Å². The fraction of sp³-hybridized carbons (Fsp3) is 0.440. The zero-order valence-electron chi connectivity index (χ0n) is 19.1. The molecule has 5 rings (SSSR count). The molecule has 1 fully saturated rings. The van der Waals surface area contributed by atoms with Gasteiger partial charge in [0, 0.05) is 31.9 Å². The summed E-state index contributed by atoms with van der Waals surface area (Å²) < 4.78 is 1.69. The van der Waals surface area contributed by atoms with Crippen LogP contribution in [0.25, 0.3) is 17.2 Å². The number of piperidine rings is 1. The van der Waals surface area contributed by atoms with E-state index in [0.717, 1.165) is 55.0 Å². The second-order valence-corrected chi connectivity index (χ2v) is 9.21. The van der Waals surface area contributed by atoms with Crippen molar-refractivity contribution in [3.63, 3.8) is 0 Å². The van der Waals surface area contributed by atoms with Gasteiger partial charge < -0.3 is 9.80 Å². The minimum Gasteiger partial charge on any atom is -0.341 e. The highest BCUT2D eigenvalue weighted by atomic mass is 16.2. The molecule has 7 nitrogen and oxygen atoms in total. The molecule has 1 atom stereocenters. The maximum absolute atomic E-state index is 13.2. The molecule has 166 valence electrons. The number of fused-ring (bicyclic) bond motifs is 3. The summed E-state index contributed by atoms with van der Waals surface area (Å²) in [6.07, 6.45) is 7.87. The fourth-order valence-corrected chi connectivity index (χ4v) is 5.07. The Balaban J connectivity index is 1.39. The Bertz CT molecular complexity index is 1150. The molecular weight excluding hydrogens is 400 g/mol. The summed E-state index contributed by atoms with van der Waals surface area (Å²) in [5, 5.41) is 4.49. The van der Waals surface area contributed by atoms with E-state index in [2.05, 4.69) is 40.2 Å². The second kappa shape index (κ2) is 8.47. The lowest BCUT2D eigenvalue weighted by Crippen LogP contribution is -2.40. The maximum Gasteiger partial charge on any atom is 0.257 e. The lowest BCUT2D eigenvalue weighted by atomic mass is 9.90. The Morgan fingerprint density at radius 1 is 1.19 bits per heavy atom. The molecular formula is C25H30N6O. The average Bonchev–Trinajstić information content (AvgIpc) is 3.19. The predicted octanol–water partition coefficient (Wildman–Crippen LogP) is 3.15. The van der Waals surface area contributed by atoms with Crippen molar-refractivity contribution in [1.29, 1.82) is 0 Å². The Labute approximate surface area is 189 Å². The van der Waals surface area contributed by atoms with Gasteiger partial charge in [-0.15, -0.1) is 0 Å². The maximum atomic E-state index is 13.2. The highest BCUT2D eigenvalue weighted by Gasteiger charge is 2.25. The van der Waals surface area contributed by atoms with Crippen LogP contribution in [0.5, 0.6) is 0 Å². The van der Waals surface area contributed by atoms with Gasteiger partial charge in [-0.1, -0.05) is 24.3 Å². The number of rotatable bonds is 4. The molecule has 0 bridgehead atoms. The molecule has 3 heterocycles. The van der Waals surface area contributed by atoms with Gasteiger partial charge in [0.1, 0.15) is 0 Å². The van der Waals surface area contributed by atoms with Crippen LogP contribution in [0, 0.1) is 12.8 Å². The first-order valence-corrected chi connectivity index (χ1v) is 11.4. The van der Waals surface area contributed by atoms with E-state index in [-0.39, 0.29) is 5.91 Å². The van der Waals surface area contributed by atoms with Crippen molar-refractivity contribution >= 4 is 5.91 Å². The number of aromatic nitrogens is 4. The number of benzene rings is 1. The molecule has 1 unspecified atom stereocenters. The van der Waals surface area contributed by atoms with Crippen LogP contribution in [0.3, 0.4) is 0 Å². The first kappa shape index (κ1) is 20.8. The second-order valence-electron chi connectivity index (χ2n) is 9.21. The minimum absolute atomic E-state index is 0.00489. The summed E-state index contributed by atoms with van der Waals surface area (Å²) in [5.41, 5.74) is 5.98. The van der Waals surface area contributed by atoms with E-state index >= 15 is 0 Å². The molecule has 32 heavy (non-hydrogen) atoms. The number of aryl methyl sites for hydroxylation is 2. The number of hydrogen-bond acceptors (Lipinski definition) is 5. The van der Waals surface area contributed by atoms with Gasteiger partial charge in [-0.05, 0) is 63.2 Å². The van der Waals surface area contributed by atoms with Crippen LogP contribution in [-0.4, -0.2) is 69.2 Å². The normalized spacial score (nSPS) is 18.2. The molecule has 0 N–H and O–H groups in total. The molecule has 2 aliphatic rings. The topological polar surface area (TPSA) is 67.2 Å². The van der Waals surface area contributed by atoms with Gasteiger partial charge in [-0.2, -0.15) is 5.10 Å². The summed E-state index contributed by atoms with van der Waals surface area (Å²) in [6, 6.07) is 8.40. The van der Waals surface area contributed by atoms with Crippen LogP contribution in [-0.2, 0) is 12.8 Å². The smallest absolute Gasteiger partial charge is 0.257 e. The molecule has 0 radical (unpaired) electrons. The van der Waals surface area contributed by atoms with Crippen molar-refractivity contribution in [3.05, 3.63) is 59.0 Å². The van der Waals surface area contributed by atoms with Crippen LogP contribution in [0.1, 0.15) is 40.0 Å². The minimum atomic E-state index is 0.00489. The van der Waals surface area contributed by atoms with Crippen molar-refractivity contribution in [2.24, 2.45) is 5.92 Å². The Kier molecular flexibility index (Phi) is 5.51. The number of amides is 1. The Morgan fingerprint density at radius 2 is 2.00 bits per heavy atom. The van der Waals surface area contributed by atoms with Crippen molar-refractivity contribution in [2.45, 2.75) is 32.6 Å². The third-order valence-electron chi connectivity index (χ3n) is 6.82. The van der Waals surface area contributed by atoms with E-state index in [4.69, 9.17) is 4.98 Å². The highest BCUT2D eigenvalue weighted by Crippen LogP contribution is 2.32. The molecule has 3 aromatic rings. The third-order valence-corrected chi connectivity index (χ3v) is 6.82. The molecule has 1 amide bonds. The third kappa shape index (κ3) is 3.81. The predicted molar refractivity (Wildman–Crippen MR) is 124 cm³/mol. The number of hydrogen-bond donors (Lipinski definition) is 0. The van der Waals surface area contributed by atoms with Gasteiger partial charge in [0.15, 0.2) is 0 Å². The van der Waals surface area contributed by atoms with Gasteiger partial charge in [-0.25, -0.2) is 14.6 Å². The molecule has 1 aliphatic heterocycles. The standard InChI is InChI=1S/C25H30N6O/c1-17-22(24(32)30(3)16-18-7-6-12-29(2)15-18)14-27-31(17)25-26-13-20-11-10-19-8-4-5-9-21(19)23(20)28-25/h4-5,8-9,13-14,18H,6-7,10-12,15-16H2,1-3H3. The van der Waals surface area contributed by atoms with E-state index in [1.807, 2.05) is 31.1 Å². The van der Waals surface area contributed by atoms with Gasteiger partial charge >= 0.3 is 0 Å². The van der Waals surface area contributed by atoms with Crippen LogP contribution in [0.15, 0.2) is 36.7 Å². The van der Waals surface area contributed by atoms with E-state index < -0.39 is 0 Å². The lowest BCUT2D eigenvalue weighted by Gasteiger charge is -2.32. The summed E-state index contributed by atoms with van der Waals surface area (Å²) >= 11 is 0. The van der Waals surface area contributed by atoms with Crippen LogP contribution in [0.2, 0.25) is 0 Å². The van der Waals surface area contributed by atoms with Crippen molar-refractivity contribution in [2.75, 3.05) is 33.7 Å². The van der Waals surface area contributed by atoms with Crippen molar-refractivity contribution in [1.82, 2.24) is 29.5 Å². The molecule has 7 heteroatoms. The molecule has 0 saturated carbocycles. The monoisotopic (exact) mass is 430 g/mol. The van der Waals surface area contributed by atoms with Crippen LogP contribution in [0.4, 0.5) is 0 Å². The molecule has 1 aliphatic carbocycles. The van der Waals surface area contributed by atoms with E-state index in [1.165, 1.54) is 18.4 Å². The van der Waals surface area contributed by atoms with Gasteiger partial charge in [-0.3, -0.25) is 4.79 Å². The SMILES string of the molecule is Cc1c(C(=O)N(C)CC2CCCN(C)C2)cnn1-c1ncc2c(n1)-c1ccccc1CC2. The Hall–Kier alpha value is -3.06. The summed E-state index contributed by atoms with van der Waals surface area (Å²) in [4.78, 5) is 26.8. The molecule has 1 aromatic carbocycles. The quantitative estimate of drug-likeness (QED) is 0.636. The largest absolute Gasteiger partial charge is 0.341 e. The van der Waals surface area contributed by atoms with Crippen molar-refractivity contribution in [3.8, 4) is 17.2 Å². The number of likely N-dealkylation sites (tertiary alicyclic amines) is 1. The van der Waals surface area contributed by atoms with Crippen LogP contribution < -0.4 is 0 Å².